The van der Waals surface area contributed by atoms with Crippen LogP contribution in [0.5, 0.6) is 11.5 Å². The molecule has 0 unspecified atom stereocenters. The van der Waals surface area contributed by atoms with E-state index < -0.39 is 0 Å². The van der Waals surface area contributed by atoms with Gasteiger partial charge in [-0.05, 0) is 59.9 Å². The normalized spacial score (nSPS) is 23.6. The Labute approximate surface area is 183 Å². The zero-order valence-electron chi connectivity index (χ0n) is 16.6. The van der Waals surface area contributed by atoms with E-state index in [1.807, 2.05) is 18.2 Å². The van der Waals surface area contributed by atoms with Gasteiger partial charge in [0.2, 0.25) is 6.79 Å². The highest BCUT2D eigenvalue weighted by Gasteiger charge is 2.55. The first-order chi connectivity index (χ1) is 15.1. The minimum atomic E-state index is -0.348. The number of nitrogens with one attached hydrogen (secondary N) is 1. The minimum absolute atomic E-state index is 0.305. The van der Waals surface area contributed by atoms with E-state index in [-0.39, 0.29) is 5.82 Å². The van der Waals surface area contributed by atoms with E-state index in [2.05, 4.69) is 32.5 Å². The lowest BCUT2D eigenvalue weighted by Gasteiger charge is -2.20. The molecule has 3 atom stereocenters. The van der Waals surface area contributed by atoms with Gasteiger partial charge in [-0.1, -0.05) is 17.7 Å². The molecule has 3 aliphatic rings. The van der Waals surface area contributed by atoms with Gasteiger partial charge in [0.1, 0.15) is 11.6 Å². The molecule has 2 aromatic carbocycles. The molecule has 1 aromatic heterocycles. The molecule has 3 aromatic rings. The number of rotatable bonds is 5. The fraction of sp³-hybridized carbons (Fsp3) is 0.304. The van der Waals surface area contributed by atoms with Crippen molar-refractivity contribution in [2.75, 3.05) is 25.2 Å². The van der Waals surface area contributed by atoms with Crippen LogP contribution in [0.15, 0.2) is 48.5 Å². The number of ether oxygens (including phenoxy) is 2. The molecule has 158 valence electrons. The van der Waals surface area contributed by atoms with Gasteiger partial charge in [-0.3, -0.25) is 4.90 Å². The number of piperidine rings is 1. The Morgan fingerprint density at radius 3 is 2.65 bits per heavy atom. The second-order valence-electron chi connectivity index (χ2n) is 8.31. The highest BCUT2D eigenvalue weighted by atomic mass is 35.5. The molecule has 0 bridgehead atoms. The van der Waals surface area contributed by atoms with Gasteiger partial charge in [0, 0.05) is 31.2 Å². The van der Waals surface area contributed by atoms with Crippen LogP contribution in [-0.2, 0) is 6.54 Å². The fourth-order valence-corrected chi connectivity index (χ4v) is 4.89. The fourth-order valence-electron chi connectivity index (χ4n) is 4.67. The van der Waals surface area contributed by atoms with Gasteiger partial charge in [0.15, 0.2) is 11.5 Å². The molecular formula is C23H20ClFN4O2. The third kappa shape index (κ3) is 3.58. The molecule has 1 saturated heterocycles. The molecule has 6 nitrogen and oxygen atoms in total. The Balaban J connectivity index is 1.05. The van der Waals surface area contributed by atoms with Crippen molar-refractivity contribution < 1.29 is 13.9 Å². The van der Waals surface area contributed by atoms with Crippen LogP contribution in [0.3, 0.4) is 0 Å². The van der Waals surface area contributed by atoms with Crippen molar-refractivity contribution >= 4 is 17.4 Å². The Morgan fingerprint density at radius 2 is 1.84 bits per heavy atom. The van der Waals surface area contributed by atoms with Gasteiger partial charge in [-0.15, -0.1) is 10.2 Å². The highest BCUT2D eigenvalue weighted by Crippen LogP contribution is 2.47. The van der Waals surface area contributed by atoms with Crippen LogP contribution in [0, 0.1) is 17.7 Å². The molecule has 6 rings (SSSR count). The average molecular weight is 439 g/mol. The van der Waals surface area contributed by atoms with E-state index in [0.29, 0.717) is 41.0 Å². The molecule has 3 heterocycles. The van der Waals surface area contributed by atoms with Gasteiger partial charge in [0.05, 0.1) is 10.7 Å². The van der Waals surface area contributed by atoms with Crippen molar-refractivity contribution in [3.63, 3.8) is 0 Å². The molecule has 0 spiro atoms. The van der Waals surface area contributed by atoms with E-state index in [1.165, 1.54) is 23.8 Å². The number of hydrogen-bond donors (Lipinski definition) is 1. The van der Waals surface area contributed by atoms with Crippen LogP contribution < -0.4 is 14.8 Å². The predicted octanol–water partition coefficient (Wildman–Crippen LogP) is 4.21. The zero-order valence-corrected chi connectivity index (χ0v) is 17.3. The average Bonchev–Trinajstić information content (AvgIpc) is 3.14. The summed E-state index contributed by atoms with van der Waals surface area (Å²) in [6.45, 7) is 3.33. The summed E-state index contributed by atoms with van der Waals surface area (Å²) in [5.74, 6) is 3.28. The van der Waals surface area contributed by atoms with Gasteiger partial charge >= 0.3 is 0 Å². The number of halogens is 2. The smallest absolute Gasteiger partial charge is 0.231 e. The third-order valence-corrected chi connectivity index (χ3v) is 6.63. The maximum absolute atomic E-state index is 13.5. The number of aromatic nitrogens is 2. The van der Waals surface area contributed by atoms with Crippen molar-refractivity contribution in [2.24, 2.45) is 11.8 Å². The van der Waals surface area contributed by atoms with Gasteiger partial charge in [-0.25, -0.2) is 4.39 Å². The van der Waals surface area contributed by atoms with Crippen LogP contribution in [0.1, 0.15) is 5.56 Å². The lowest BCUT2D eigenvalue weighted by Crippen LogP contribution is -2.27. The van der Waals surface area contributed by atoms with Crippen molar-refractivity contribution in [3.8, 4) is 22.8 Å². The van der Waals surface area contributed by atoms with Crippen LogP contribution in [-0.4, -0.2) is 41.0 Å². The predicted molar refractivity (Wildman–Crippen MR) is 115 cm³/mol. The number of hydrogen-bond acceptors (Lipinski definition) is 6. The van der Waals surface area contributed by atoms with Crippen molar-refractivity contribution in [1.82, 2.24) is 15.1 Å². The molecule has 1 saturated carbocycles. The Kier molecular flexibility index (Phi) is 4.47. The molecule has 2 fully saturated rings. The van der Waals surface area contributed by atoms with Crippen molar-refractivity contribution in [2.45, 2.75) is 12.6 Å². The van der Waals surface area contributed by atoms with Crippen LogP contribution >= 0.6 is 11.6 Å². The summed E-state index contributed by atoms with van der Waals surface area (Å²) in [4.78, 5) is 2.48. The molecule has 1 aliphatic carbocycles. The minimum Gasteiger partial charge on any atom is -0.454 e. The molecule has 1 N–H and O–H groups in total. The lowest BCUT2D eigenvalue weighted by molar-refractivity contribution is 0.174. The summed E-state index contributed by atoms with van der Waals surface area (Å²) in [5, 5.41) is 12.5. The standard InChI is InChI=1S/C23H20ClFN4O2/c24-18-3-2-14(25)8-15(18)19-4-6-22(28-27-19)26-23-16-10-29(11-17(16)23)9-13-1-5-20-21(7-13)31-12-30-20/h1-8,16-17,23H,9-12H2,(H,26,28)/t16-,17+,23-. The van der Waals surface area contributed by atoms with E-state index in [9.17, 15) is 4.39 Å². The summed E-state index contributed by atoms with van der Waals surface area (Å²) in [5.41, 5.74) is 2.34. The number of benzene rings is 2. The molecule has 2 aliphatic heterocycles. The zero-order chi connectivity index (χ0) is 20.9. The summed E-state index contributed by atoms with van der Waals surface area (Å²) in [7, 11) is 0. The first kappa shape index (κ1) is 18.8. The monoisotopic (exact) mass is 438 g/mol. The van der Waals surface area contributed by atoms with E-state index in [0.717, 1.165) is 37.0 Å². The maximum Gasteiger partial charge on any atom is 0.231 e. The second-order valence-corrected chi connectivity index (χ2v) is 8.71. The van der Waals surface area contributed by atoms with Crippen LogP contribution in [0.25, 0.3) is 11.3 Å². The van der Waals surface area contributed by atoms with Gasteiger partial charge in [-0.2, -0.15) is 0 Å². The van der Waals surface area contributed by atoms with E-state index >= 15 is 0 Å². The third-order valence-electron chi connectivity index (χ3n) is 6.30. The lowest BCUT2D eigenvalue weighted by atomic mass is 10.1. The van der Waals surface area contributed by atoms with Crippen LogP contribution in [0.4, 0.5) is 10.2 Å². The number of fused-ring (bicyclic) bond motifs is 2. The number of nitrogens with zero attached hydrogens (tertiary/aromatic N) is 3. The molecule has 8 heteroatoms. The van der Waals surface area contributed by atoms with Crippen LogP contribution in [0.2, 0.25) is 5.02 Å². The van der Waals surface area contributed by atoms with Crippen molar-refractivity contribution in [3.05, 3.63) is 64.9 Å². The Bertz CT molecular complexity index is 1130. The first-order valence-corrected chi connectivity index (χ1v) is 10.7. The van der Waals surface area contributed by atoms with E-state index in [4.69, 9.17) is 21.1 Å². The van der Waals surface area contributed by atoms with E-state index in [1.54, 1.807) is 0 Å². The number of likely N-dealkylation sites (tertiary alicyclic amines) is 1. The molecular weight excluding hydrogens is 419 g/mol. The Morgan fingerprint density at radius 1 is 1.00 bits per heavy atom. The van der Waals surface area contributed by atoms with Gasteiger partial charge < -0.3 is 14.8 Å². The quantitative estimate of drug-likeness (QED) is 0.644. The van der Waals surface area contributed by atoms with Gasteiger partial charge in [0.25, 0.3) is 0 Å². The SMILES string of the molecule is Fc1ccc(Cl)c(-c2ccc(N[C@@H]3[C@@H]4CN(Cc5ccc6c(c5)OCO6)C[C@@H]43)nn2)c1. The van der Waals surface area contributed by atoms with Crippen molar-refractivity contribution in [1.29, 1.82) is 0 Å². The first-order valence-electron chi connectivity index (χ1n) is 10.3. The topological polar surface area (TPSA) is 59.5 Å². The largest absolute Gasteiger partial charge is 0.454 e. The summed E-state index contributed by atoms with van der Waals surface area (Å²) >= 11 is 6.16. The molecule has 0 amide bonds. The summed E-state index contributed by atoms with van der Waals surface area (Å²) < 4.78 is 24.4. The molecule has 31 heavy (non-hydrogen) atoms. The maximum atomic E-state index is 13.5. The molecule has 0 radical (unpaired) electrons. The Hall–Kier alpha value is -2.90. The number of anilines is 1. The summed E-state index contributed by atoms with van der Waals surface area (Å²) in [6, 6.07) is 14.5. The second kappa shape index (κ2) is 7.35. The summed E-state index contributed by atoms with van der Waals surface area (Å²) in [6.07, 6.45) is 0. The highest BCUT2D eigenvalue weighted by molar-refractivity contribution is 6.33.